The summed E-state index contributed by atoms with van der Waals surface area (Å²) in [4.78, 5) is 30.8. The molecular weight excluding hydrogens is 288 g/mol. The third kappa shape index (κ3) is 3.81. The van der Waals surface area contributed by atoms with Crippen LogP contribution in [0.3, 0.4) is 0 Å². The molecule has 5 nitrogen and oxygen atoms in total. The summed E-state index contributed by atoms with van der Waals surface area (Å²) in [6.07, 6.45) is 3.56. The molecule has 2 rings (SSSR count). The predicted octanol–water partition coefficient (Wildman–Crippen LogP) is 2.15. The van der Waals surface area contributed by atoms with Crippen molar-refractivity contribution in [3.63, 3.8) is 0 Å². The van der Waals surface area contributed by atoms with Crippen LogP contribution in [0.1, 0.15) is 48.2 Å². The number of hydrogen-bond donors (Lipinski definition) is 0. The minimum atomic E-state index is -0.204. The summed E-state index contributed by atoms with van der Waals surface area (Å²) in [6, 6.07) is 0. The minimum Gasteiger partial charge on any atom is -0.465 e. The van der Waals surface area contributed by atoms with Gasteiger partial charge in [0.05, 0.1) is 17.3 Å². The number of ether oxygens (including phenoxy) is 1. The van der Waals surface area contributed by atoms with Crippen LogP contribution in [0.15, 0.2) is 0 Å². The monoisotopic (exact) mass is 310 g/mol. The molecule has 0 unspecified atom stereocenters. The Labute approximate surface area is 129 Å². The van der Waals surface area contributed by atoms with E-state index in [1.165, 1.54) is 4.88 Å². The average Bonchev–Trinajstić information content (AvgIpc) is 2.87. The molecule has 0 aromatic carbocycles. The largest absolute Gasteiger partial charge is 0.465 e. The number of nitrogens with zero attached hydrogens (tertiary/aromatic N) is 2. The number of carbonyl (C=O) groups is 2. The molecule has 1 aromatic rings. The zero-order valence-corrected chi connectivity index (χ0v) is 13.7. The van der Waals surface area contributed by atoms with Crippen molar-refractivity contribution in [3.05, 3.63) is 15.6 Å². The third-order valence-corrected chi connectivity index (χ3v) is 4.96. The van der Waals surface area contributed by atoms with E-state index >= 15 is 0 Å². The van der Waals surface area contributed by atoms with E-state index in [4.69, 9.17) is 4.74 Å². The van der Waals surface area contributed by atoms with Gasteiger partial charge in [-0.3, -0.25) is 9.59 Å². The number of thiazole rings is 1. The first-order chi connectivity index (χ1) is 10.0. The predicted molar refractivity (Wildman–Crippen MR) is 81.4 cm³/mol. The van der Waals surface area contributed by atoms with E-state index in [1.807, 2.05) is 6.92 Å². The molecular formula is C15H22N2O3S. The Hall–Kier alpha value is -1.43. The fourth-order valence-corrected chi connectivity index (χ4v) is 3.63. The second-order valence-electron chi connectivity index (χ2n) is 5.30. The van der Waals surface area contributed by atoms with Gasteiger partial charge < -0.3 is 9.64 Å². The summed E-state index contributed by atoms with van der Waals surface area (Å²) < 4.78 is 5.15. The highest BCUT2D eigenvalue weighted by Gasteiger charge is 2.31. The molecule has 1 aromatic heterocycles. The Morgan fingerprint density at radius 1 is 1.48 bits per heavy atom. The smallest absolute Gasteiger partial charge is 0.315 e. The molecule has 1 heterocycles. The first-order valence-electron chi connectivity index (χ1n) is 7.39. The first-order valence-corrected chi connectivity index (χ1v) is 8.21. The van der Waals surface area contributed by atoms with Crippen LogP contribution in [0.25, 0.3) is 0 Å². The van der Waals surface area contributed by atoms with Gasteiger partial charge in [-0.25, -0.2) is 4.98 Å². The van der Waals surface area contributed by atoms with Crippen molar-refractivity contribution >= 4 is 23.2 Å². The Morgan fingerprint density at radius 2 is 2.24 bits per heavy atom. The molecule has 0 radical (unpaired) electrons. The molecule has 0 saturated carbocycles. The van der Waals surface area contributed by atoms with Gasteiger partial charge in [-0.05, 0) is 26.2 Å². The number of carbonyl (C=O) groups excluding carboxylic acids is 2. The summed E-state index contributed by atoms with van der Waals surface area (Å²) in [6.45, 7) is 4.45. The Bertz CT molecular complexity index is 527. The van der Waals surface area contributed by atoms with Gasteiger partial charge in [0.15, 0.2) is 0 Å². The number of hydrogen-bond acceptors (Lipinski definition) is 5. The summed E-state index contributed by atoms with van der Waals surface area (Å²) in [5.74, 6) is -0.305. The summed E-state index contributed by atoms with van der Waals surface area (Å²) in [5.41, 5.74) is 0.908. The average molecular weight is 310 g/mol. The molecule has 1 amide bonds. The van der Waals surface area contributed by atoms with E-state index < -0.39 is 0 Å². The lowest BCUT2D eigenvalue weighted by Crippen LogP contribution is -2.26. The van der Waals surface area contributed by atoms with Crippen LogP contribution in [0.2, 0.25) is 0 Å². The SMILES string of the molecule is CCOC(=O)[C@@H]1CCCc2sc(CCN(C)C(C)=O)nc21. The normalized spacial score (nSPS) is 17.2. The molecule has 0 fully saturated rings. The van der Waals surface area contributed by atoms with Crippen molar-refractivity contribution in [2.75, 3.05) is 20.2 Å². The van der Waals surface area contributed by atoms with Crippen molar-refractivity contribution in [1.29, 1.82) is 0 Å². The van der Waals surface area contributed by atoms with Crippen molar-refractivity contribution in [2.24, 2.45) is 0 Å². The van der Waals surface area contributed by atoms with Crippen LogP contribution >= 0.6 is 11.3 Å². The number of amides is 1. The Morgan fingerprint density at radius 3 is 2.90 bits per heavy atom. The molecule has 1 aliphatic rings. The fraction of sp³-hybridized carbons (Fsp3) is 0.667. The summed E-state index contributed by atoms with van der Waals surface area (Å²) >= 11 is 1.67. The molecule has 0 N–H and O–H groups in total. The molecule has 0 saturated heterocycles. The maximum Gasteiger partial charge on any atom is 0.315 e. The van der Waals surface area contributed by atoms with Crippen molar-refractivity contribution < 1.29 is 14.3 Å². The van der Waals surface area contributed by atoms with Crippen LogP contribution in [0.4, 0.5) is 0 Å². The second kappa shape index (κ2) is 7.02. The fourth-order valence-electron chi connectivity index (χ4n) is 2.47. The summed E-state index contributed by atoms with van der Waals surface area (Å²) in [5, 5.41) is 1.00. The van der Waals surface area contributed by atoms with Gasteiger partial charge in [0.1, 0.15) is 5.92 Å². The van der Waals surface area contributed by atoms with Gasteiger partial charge in [0, 0.05) is 31.8 Å². The van der Waals surface area contributed by atoms with E-state index in [9.17, 15) is 9.59 Å². The van der Waals surface area contributed by atoms with Crippen LogP contribution in [0.5, 0.6) is 0 Å². The maximum atomic E-state index is 12.0. The zero-order chi connectivity index (χ0) is 15.4. The number of rotatable bonds is 5. The number of aromatic nitrogens is 1. The standard InChI is InChI=1S/C15H22N2O3S/c1-4-20-15(19)11-6-5-7-12-14(11)16-13(21-12)8-9-17(3)10(2)18/h11H,4-9H2,1-3H3/t11-/m1/s1. The highest BCUT2D eigenvalue weighted by atomic mass is 32.1. The van der Waals surface area contributed by atoms with E-state index in [-0.39, 0.29) is 17.8 Å². The molecule has 116 valence electrons. The molecule has 6 heteroatoms. The lowest BCUT2D eigenvalue weighted by molar-refractivity contribution is -0.145. The van der Waals surface area contributed by atoms with E-state index in [0.29, 0.717) is 13.2 Å². The van der Waals surface area contributed by atoms with E-state index in [2.05, 4.69) is 4.98 Å². The lowest BCUT2D eigenvalue weighted by Gasteiger charge is -2.19. The summed E-state index contributed by atoms with van der Waals surface area (Å²) in [7, 11) is 1.79. The van der Waals surface area contributed by atoms with Crippen LogP contribution in [-0.2, 0) is 27.2 Å². The third-order valence-electron chi connectivity index (χ3n) is 3.77. The molecule has 1 aliphatic carbocycles. The number of fused-ring (bicyclic) bond motifs is 1. The zero-order valence-electron chi connectivity index (χ0n) is 12.8. The van der Waals surface area contributed by atoms with Gasteiger partial charge >= 0.3 is 5.97 Å². The van der Waals surface area contributed by atoms with E-state index in [1.54, 1.807) is 30.2 Å². The van der Waals surface area contributed by atoms with Gasteiger partial charge in [-0.2, -0.15) is 0 Å². The Kier molecular flexibility index (Phi) is 5.33. The number of aryl methyl sites for hydroxylation is 1. The van der Waals surface area contributed by atoms with Crippen LogP contribution in [-0.4, -0.2) is 42.0 Å². The first kappa shape index (κ1) is 15.9. The highest BCUT2D eigenvalue weighted by molar-refractivity contribution is 7.11. The molecule has 0 bridgehead atoms. The lowest BCUT2D eigenvalue weighted by atomic mass is 9.91. The quantitative estimate of drug-likeness (QED) is 0.782. The van der Waals surface area contributed by atoms with Crippen molar-refractivity contribution in [2.45, 2.75) is 45.4 Å². The van der Waals surface area contributed by atoms with Crippen molar-refractivity contribution in [3.8, 4) is 0 Å². The van der Waals surface area contributed by atoms with Crippen LogP contribution in [0, 0.1) is 0 Å². The minimum absolute atomic E-state index is 0.0562. The van der Waals surface area contributed by atoms with Gasteiger partial charge in [0.25, 0.3) is 0 Å². The molecule has 1 atom stereocenters. The second-order valence-corrected chi connectivity index (χ2v) is 6.47. The maximum absolute atomic E-state index is 12.0. The number of esters is 1. The van der Waals surface area contributed by atoms with Crippen LogP contribution < -0.4 is 0 Å². The van der Waals surface area contributed by atoms with Crippen molar-refractivity contribution in [1.82, 2.24) is 9.88 Å². The van der Waals surface area contributed by atoms with Gasteiger partial charge in [-0.15, -0.1) is 11.3 Å². The van der Waals surface area contributed by atoms with Gasteiger partial charge in [0.2, 0.25) is 5.91 Å². The molecule has 0 aliphatic heterocycles. The Balaban J connectivity index is 2.08. The van der Waals surface area contributed by atoms with Gasteiger partial charge in [-0.1, -0.05) is 0 Å². The topological polar surface area (TPSA) is 59.5 Å². The highest BCUT2D eigenvalue weighted by Crippen LogP contribution is 2.35. The molecule has 0 spiro atoms. The number of likely N-dealkylation sites (N-methyl/N-ethyl adjacent to an activating group) is 1. The van der Waals surface area contributed by atoms with E-state index in [0.717, 1.165) is 36.4 Å². The molecule has 21 heavy (non-hydrogen) atoms.